The van der Waals surface area contributed by atoms with E-state index in [0.717, 1.165) is 31.2 Å². The minimum Gasteiger partial charge on any atom is -0.316 e. The number of nitriles is 1. The number of hydrogen-bond donors (Lipinski definition) is 1. The molecular weight excluding hydrogens is 222 g/mol. The van der Waals surface area contributed by atoms with Crippen molar-refractivity contribution in [1.82, 2.24) is 10.2 Å². The maximum absolute atomic E-state index is 9.05. The first kappa shape index (κ1) is 13.8. The molecule has 3 heteroatoms. The van der Waals surface area contributed by atoms with Gasteiger partial charge in [0.2, 0.25) is 0 Å². The third kappa shape index (κ3) is 2.55. The highest BCUT2D eigenvalue weighted by atomic mass is 15.2. The zero-order chi connectivity index (χ0) is 13.4. The van der Waals surface area contributed by atoms with Crippen molar-refractivity contribution in [2.24, 2.45) is 17.3 Å². The van der Waals surface area contributed by atoms with Gasteiger partial charge in [-0.1, -0.05) is 0 Å². The number of fused-ring (bicyclic) bond motifs is 1. The average Bonchev–Trinajstić information content (AvgIpc) is 2.83. The molecule has 0 spiro atoms. The van der Waals surface area contributed by atoms with Gasteiger partial charge in [-0.2, -0.15) is 5.26 Å². The molecule has 102 valence electrons. The fraction of sp³-hybridized carbons (Fsp3) is 0.933. The molecule has 2 aliphatic heterocycles. The van der Waals surface area contributed by atoms with Crippen molar-refractivity contribution in [3.8, 4) is 6.07 Å². The van der Waals surface area contributed by atoms with Crippen LogP contribution in [0.2, 0.25) is 0 Å². The minimum atomic E-state index is -0.165. The van der Waals surface area contributed by atoms with Crippen molar-refractivity contribution in [2.75, 3.05) is 26.2 Å². The Labute approximate surface area is 112 Å². The summed E-state index contributed by atoms with van der Waals surface area (Å²) < 4.78 is 0. The molecular formula is C15H27N3. The smallest absolute Gasteiger partial charge is 0.0683 e. The van der Waals surface area contributed by atoms with E-state index in [4.69, 9.17) is 5.26 Å². The summed E-state index contributed by atoms with van der Waals surface area (Å²) >= 11 is 0. The van der Waals surface area contributed by atoms with E-state index in [1.807, 2.05) is 13.8 Å². The summed E-state index contributed by atoms with van der Waals surface area (Å²) in [5.41, 5.74) is 0.159. The van der Waals surface area contributed by atoms with Gasteiger partial charge < -0.3 is 5.32 Å². The second-order valence-corrected chi connectivity index (χ2v) is 7.22. The van der Waals surface area contributed by atoms with Crippen molar-refractivity contribution in [2.45, 2.75) is 46.1 Å². The Hall–Kier alpha value is -0.590. The van der Waals surface area contributed by atoms with Crippen LogP contribution in [0.5, 0.6) is 0 Å². The Balaban J connectivity index is 1.86. The standard InChI is InChI=1S/C15H27N3/c1-14(2,11-16)6-5-7-18-10-12-8-17-9-13(12)15(18,3)4/h12-13,17H,5-10H2,1-4H3. The van der Waals surface area contributed by atoms with Crippen LogP contribution in [-0.2, 0) is 0 Å². The SMILES string of the molecule is CC(C)(C#N)CCCN1CC2CNCC2C1(C)C. The zero-order valence-electron chi connectivity index (χ0n) is 12.3. The lowest BCUT2D eigenvalue weighted by Gasteiger charge is -2.36. The molecule has 0 saturated carbocycles. The second kappa shape index (κ2) is 4.83. The Bertz CT molecular complexity index is 340. The summed E-state index contributed by atoms with van der Waals surface area (Å²) in [6.07, 6.45) is 2.14. The molecule has 18 heavy (non-hydrogen) atoms. The molecule has 2 unspecified atom stereocenters. The molecule has 0 radical (unpaired) electrons. The van der Waals surface area contributed by atoms with Gasteiger partial charge in [-0.25, -0.2) is 0 Å². The predicted molar refractivity (Wildman–Crippen MR) is 74.1 cm³/mol. The van der Waals surface area contributed by atoms with Crippen LogP contribution in [0, 0.1) is 28.6 Å². The van der Waals surface area contributed by atoms with Gasteiger partial charge in [0, 0.05) is 18.6 Å². The van der Waals surface area contributed by atoms with Crippen molar-refractivity contribution in [1.29, 1.82) is 5.26 Å². The summed E-state index contributed by atoms with van der Waals surface area (Å²) in [6.45, 7) is 13.6. The van der Waals surface area contributed by atoms with Crippen LogP contribution in [0.4, 0.5) is 0 Å². The van der Waals surface area contributed by atoms with E-state index >= 15 is 0 Å². The van der Waals surface area contributed by atoms with Crippen LogP contribution >= 0.6 is 0 Å². The number of rotatable bonds is 4. The molecule has 0 aromatic carbocycles. The second-order valence-electron chi connectivity index (χ2n) is 7.22. The van der Waals surface area contributed by atoms with Crippen LogP contribution in [-0.4, -0.2) is 36.6 Å². The normalized spacial score (nSPS) is 31.3. The highest BCUT2D eigenvalue weighted by Crippen LogP contribution is 2.40. The molecule has 2 saturated heterocycles. The molecule has 2 rings (SSSR count). The average molecular weight is 249 g/mol. The Kier molecular flexibility index (Phi) is 3.71. The molecule has 2 heterocycles. The van der Waals surface area contributed by atoms with E-state index in [0.29, 0.717) is 5.54 Å². The van der Waals surface area contributed by atoms with E-state index in [-0.39, 0.29) is 5.41 Å². The van der Waals surface area contributed by atoms with E-state index in [9.17, 15) is 0 Å². The first-order valence-corrected chi connectivity index (χ1v) is 7.24. The quantitative estimate of drug-likeness (QED) is 0.830. The monoisotopic (exact) mass is 249 g/mol. The van der Waals surface area contributed by atoms with Crippen LogP contribution in [0.1, 0.15) is 40.5 Å². The van der Waals surface area contributed by atoms with Gasteiger partial charge in [0.1, 0.15) is 0 Å². The Morgan fingerprint density at radius 3 is 2.72 bits per heavy atom. The molecule has 0 aromatic heterocycles. The summed E-state index contributed by atoms with van der Waals surface area (Å²) in [5, 5.41) is 12.6. The van der Waals surface area contributed by atoms with Gasteiger partial charge in [0.15, 0.2) is 0 Å². The van der Waals surface area contributed by atoms with Crippen molar-refractivity contribution in [3.05, 3.63) is 0 Å². The van der Waals surface area contributed by atoms with Crippen LogP contribution in [0.15, 0.2) is 0 Å². The molecule has 0 aliphatic carbocycles. The van der Waals surface area contributed by atoms with Crippen LogP contribution in [0.25, 0.3) is 0 Å². The van der Waals surface area contributed by atoms with Crippen molar-refractivity contribution < 1.29 is 0 Å². The first-order chi connectivity index (χ1) is 8.37. The van der Waals surface area contributed by atoms with Gasteiger partial charge in [0.25, 0.3) is 0 Å². The van der Waals surface area contributed by atoms with Gasteiger partial charge >= 0.3 is 0 Å². The van der Waals surface area contributed by atoms with E-state index in [1.165, 1.54) is 19.6 Å². The fourth-order valence-corrected chi connectivity index (χ4v) is 3.65. The van der Waals surface area contributed by atoms with E-state index in [1.54, 1.807) is 0 Å². The summed E-state index contributed by atoms with van der Waals surface area (Å²) in [6, 6.07) is 2.40. The highest BCUT2D eigenvalue weighted by Gasteiger charge is 2.48. The molecule has 3 nitrogen and oxygen atoms in total. The molecule has 2 atom stereocenters. The number of hydrogen-bond acceptors (Lipinski definition) is 3. The molecule has 0 aromatic rings. The summed E-state index contributed by atoms with van der Waals surface area (Å²) in [7, 11) is 0. The molecule has 0 bridgehead atoms. The van der Waals surface area contributed by atoms with Gasteiger partial charge in [0.05, 0.1) is 11.5 Å². The maximum Gasteiger partial charge on any atom is 0.0683 e. The van der Waals surface area contributed by atoms with Gasteiger partial charge in [-0.3, -0.25) is 4.90 Å². The van der Waals surface area contributed by atoms with Crippen LogP contribution < -0.4 is 5.32 Å². The maximum atomic E-state index is 9.05. The van der Waals surface area contributed by atoms with E-state index < -0.39 is 0 Å². The lowest BCUT2D eigenvalue weighted by molar-refractivity contribution is 0.134. The summed E-state index contributed by atoms with van der Waals surface area (Å²) in [4.78, 5) is 2.65. The number of nitrogens with one attached hydrogen (secondary N) is 1. The molecule has 1 N–H and O–H groups in total. The minimum absolute atomic E-state index is 0.165. The Morgan fingerprint density at radius 2 is 2.11 bits per heavy atom. The number of nitrogens with zero attached hydrogens (tertiary/aromatic N) is 2. The van der Waals surface area contributed by atoms with Crippen molar-refractivity contribution >= 4 is 0 Å². The van der Waals surface area contributed by atoms with Gasteiger partial charge in [-0.15, -0.1) is 0 Å². The molecule has 2 aliphatic rings. The largest absolute Gasteiger partial charge is 0.316 e. The summed E-state index contributed by atoms with van der Waals surface area (Å²) in [5.74, 6) is 1.64. The Morgan fingerprint density at radius 1 is 1.39 bits per heavy atom. The lowest BCUT2D eigenvalue weighted by atomic mass is 9.84. The van der Waals surface area contributed by atoms with Crippen molar-refractivity contribution in [3.63, 3.8) is 0 Å². The van der Waals surface area contributed by atoms with E-state index in [2.05, 4.69) is 30.1 Å². The molecule has 2 fully saturated rings. The zero-order valence-corrected chi connectivity index (χ0v) is 12.3. The first-order valence-electron chi connectivity index (χ1n) is 7.24. The van der Waals surface area contributed by atoms with Gasteiger partial charge in [-0.05, 0) is 65.5 Å². The predicted octanol–water partition coefficient (Wildman–Crippen LogP) is 2.25. The lowest BCUT2D eigenvalue weighted by Crippen LogP contribution is -2.44. The third-order valence-electron chi connectivity index (χ3n) is 5.05. The topological polar surface area (TPSA) is 39.1 Å². The third-order valence-corrected chi connectivity index (χ3v) is 5.05. The molecule has 0 amide bonds. The fourth-order valence-electron chi connectivity index (χ4n) is 3.65. The number of likely N-dealkylation sites (tertiary alicyclic amines) is 1. The highest BCUT2D eigenvalue weighted by molar-refractivity contribution is 5.04. The van der Waals surface area contributed by atoms with Crippen LogP contribution in [0.3, 0.4) is 0 Å².